The minimum Gasteiger partial charge on any atom is -0.340 e. The molecule has 3 aromatic rings. The number of carbonyl (C=O) groups is 1. The molecule has 15 heteroatoms. The van der Waals surface area contributed by atoms with E-state index in [2.05, 4.69) is 15.4 Å². The second kappa shape index (κ2) is 9.78. The zero-order valence-electron chi connectivity index (χ0n) is 18.8. The molecule has 1 fully saturated rings. The Bertz CT molecular complexity index is 1370. The molecule has 0 bridgehead atoms. The van der Waals surface area contributed by atoms with Gasteiger partial charge >= 0.3 is 12.4 Å². The van der Waals surface area contributed by atoms with Crippen LogP contribution in [0.3, 0.4) is 0 Å². The molecule has 4 rings (SSSR count). The van der Waals surface area contributed by atoms with Crippen LogP contribution < -0.4 is 0 Å². The minimum atomic E-state index is -4.81. The molecule has 198 valence electrons. The summed E-state index contributed by atoms with van der Waals surface area (Å²) in [6.45, 7) is -0.408. The Morgan fingerprint density at radius 1 is 0.892 bits per heavy atom. The minimum absolute atomic E-state index is 0.0289. The number of halogens is 6. The van der Waals surface area contributed by atoms with E-state index < -0.39 is 44.3 Å². The average molecular weight is 547 g/mol. The number of rotatable bonds is 5. The quantitative estimate of drug-likeness (QED) is 0.493. The normalized spacial score (nSPS) is 15.7. The fourth-order valence-corrected chi connectivity index (χ4v) is 5.32. The molecule has 0 atom stereocenters. The van der Waals surface area contributed by atoms with E-state index in [4.69, 9.17) is 0 Å². The largest absolute Gasteiger partial charge is 0.416 e. The van der Waals surface area contributed by atoms with Crippen molar-refractivity contribution in [2.75, 3.05) is 26.2 Å². The van der Waals surface area contributed by atoms with E-state index in [9.17, 15) is 39.6 Å². The number of carbonyl (C=O) groups excluding carboxylic acids is 1. The number of hydrogen-bond donors (Lipinski definition) is 1. The van der Waals surface area contributed by atoms with Gasteiger partial charge in [0.25, 0.3) is 0 Å². The fourth-order valence-electron chi connectivity index (χ4n) is 3.83. The van der Waals surface area contributed by atoms with Gasteiger partial charge in [0.2, 0.25) is 15.9 Å². The first-order chi connectivity index (χ1) is 17.2. The molecule has 1 aromatic heterocycles. The van der Waals surface area contributed by atoms with Gasteiger partial charge in [0.15, 0.2) is 0 Å². The summed E-state index contributed by atoms with van der Waals surface area (Å²) in [6, 6.07) is 6.52. The summed E-state index contributed by atoms with van der Waals surface area (Å²) in [5, 5.41) is 9.51. The Labute approximate surface area is 206 Å². The van der Waals surface area contributed by atoms with Crippen molar-refractivity contribution in [3.63, 3.8) is 0 Å². The summed E-state index contributed by atoms with van der Waals surface area (Å²) < 4.78 is 106. The van der Waals surface area contributed by atoms with Crippen molar-refractivity contribution in [2.24, 2.45) is 0 Å². The molecule has 2 heterocycles. The lowest BCUT2D eigenvalue weighted by atomic mass is 10.1. The molecule has 1 aliphatic heterocycles. The van der Waals surface area contributed by atoms with Gasteiger partial charge in [-0.05, 0) is 35.9 Å². The van der Waals surface area contributed by atoms with Crippen LogP contribution in [0.5, 0.6) is 0 Å². The van der Waals surface area contributed by atoms with E-state index >= 15 is 0 Å². The van der Waals surface area contributed by atoms with Crippen LogP contribution in [0.2, 0.25) is 0 Å². The number of H-pyrrole nitrogens is 1. The third-order valence-corrected chi connectivity index (χ3v) is 7.69. The Kier molecular flexibility index (Phi) is 7.03. The highest BCUT2D eigenvalue weighted by atomic mass is 32.2. The van der Waals surface area contributed by atoms with Crippen LogP contribution in [0.15, 0.2) is 53.6 Å². The first-order valence-electron chi connectivity index (χ1n) is 10.8. The molecule has 1 amide bonds. The van der Waals surface area contributed by atoms with Crippen LogP contribution in [-0.2, 0) is 33.6 Å². The lowest BCUT2D eigenvalue weighted by molar-refractivity contribution is -0.138. The van der Waals surface area contributed by atoms with Crippen molar-refractivity contribution in [3.8, 4) is 11.3 Å². The van der Waals surface area contributed by atoms with Crippen molar-refractivity contribution in [2.45, 2.75) is 23.7 Å². The lowest BCUT2D eigenvalue weighted by Gasteiger charge is -2.34. The predicted octanol–water partition coefficient (Wildman–Crippen LogP) is 3.58. The van der Waals surface area contributed by atoms with Crippen molar-refractivity contribution in [1.29, 1.82) is 0 Å². The third-order valence-electron chi connectivity index (χ3n) is 5.81. The number of benzene rings is 2. The molecule has 0 saturated carbocycles. The number of aromatic amines is 1. The van der Waals surface area contributed by atoms with Crippen LogP contribution in [0.25, 0.3) is 11.3 Å². The SMILES string of the molecule is O=C(Cc1ccc(C(F)(F)F)cc1)N1CCN(S(=O)(=O)c2cc(-c3cn[nH]n3)cc(C(F)(F)F)c2)CC1. The van der Waals surface area contributed by atoms with Crippen molar-refractivity contribution >= 4 is 15.9 Å². The summed E-state index contributed by atoms with van der Waals surface area (Å²) in [6.07, 6.45) is -8.33. The summed E-state index contributed by atoms with van der Waals surface area (Å²) in [5.74, 6) is -0.413. The highest BCUT2D eigenvalue weighted by Crippen LogP contribution is 2.35. The fraction of sp³-hybridized carbons (Fsp3) is 0.318. The van der Waals surface area contributed by atoms with Gasteiger partial charge in [0, 0.05) is 31.7 Å². The summed E-state index contributed by atoms with van der Waals surface area (Å²) in [7, 11) is -4.35. The van der Waals surface area contributed by atoms with Gasteiger partial charge < -0.3 is 4.90 Å². The van der Waals surface area contributed by atoms with Crippen LogP contribution in [-0.4, -0.2) is 65.1 Å². The maximum absolute atomic E-state index is 13.5. The van der Waals surface area contributed by atoms with E-state index in [1.165, 1.54) is 17.0 Å². The van der Waals surface area contributed by atoms with E-state index in [0.29, 0.717) is 11.6 Å². The molecule has 8 nitrogen and oxygen atoms in total. The van der Waals surface area contributed by atoms with E-state index in [1.54, 1.807) is 0 Å². The lowest BCUT2D eigenvalue weighted by Crippen LogP contribution is -2.50. The monoisotopic (exact) mass is 547 g/mol. The number of alkyl halides is 6. The van der Waals surface area contributed by atoms with E-state index in [0.717, 1.165) is 34.8 Å². The Morgan fingerprint density at radius 2 is 1.51 bits per heavy atom. The highest BCUT2D eigenvalue weighted by Gasteiger charge is 2.36. The number of amides is 1. The second-order valence-corrected chi connectivity index (χ2v) is 10.2. The maximum atomic E-state index is 13.5. The first-order valence-corrected chi connectivity index (χ1v) is 12.2. The smallest absolute Gasteiger partial charge is 0.340 e. The standard InChI is InChI=1S/C22H19F6N5O3S/c23-21(24,25)16-3-1-14(2-4-16)9-20(34)32-5-7-33(8-6-32)37(35,36)18-11-15(19-13-29-31-30-19)10-17(12-18)22(26,27)28/h1-4,10-13H,5-9H2,(H,29,30,31). The Morgan fingerprint density at radius 3 is 2.05 bits per heavy atom. The molecule has 0 radical (unpaired) electrons. The van der Waals surface area contributed by atoms with Gasteiger partial charge in [-0.2, -0.15) is 46.1 Å². The average Bonchev–Trinajstić information content (AvgIpc) is 3.38. The number of piperazine rings is 1. The molecule has 0 aliphatic carbocycles. The Hall–Kier alpha value is -3.46. The second-order valence-electron chi connectivity index (χ2n) is 8.26. The van der Waals surface area contributed by atoms with Gasteiger partial charge in [0.05, 0.1) is 28.6 Å². The van der Waals surface area contributed by atoms with Crippen molar-refractivity contribution in [3.05, 3.63) is 65.4 Å². The van der Waals surface area contributed by atoms with Gasteiger partial charge in [-0.1, -0.05) is 12.1 Å². The highest BCUT2D eigenvalue weighted by molar-refractivity contribution is 7.89. The van der Waals surface area contributed by atoms with Crippen LogP contribution in [0, 0.1) is 0 Å². The molecule has 1 saturated heterocycles. The molecule has 0 unspecified atom stereocenters. The zero-order valence-corrected chi connectivity index (χ0v) is 19.7. The maximum Gasteiger partial charge on any atom is 0.416 e. The summed E-state index contributed by atoms with van der Waals surface area (Å²) in [4.78, 5) is 13.4. The topological polar surface area (TPSA) is 99.3 Å². The van der Waals surface area contributed by atoms with Gasteiger partial charge in [-0.3, -0.25) is 4.79 Å². The molecular weight excluding hydrogens is 528 g/mol. The first kappa shape index (κ1) is 26.6. The molecule has 0 spiro atoms. The molecule has 1 aliphatic rings. The van der Waals surface area contributed by atoms with Gasteiger partial charge in [-0.25, -0.2) is 8.42 Å². The van der Waals surface area contributed by atoms with Gasteiger partial charge in [0.1, 0.15) is 5.69 Å². The van der Waals surface area contributed by atoms with E-state index in [-0.39, 0.29) is 43.9 Å². The zero-order chi connectivity index (χ0) is 27.0. The molecule has 2 aromatic carbocycles. The number of hydrogen-bond acceptors (Lipinski definition) is 5. The number of nitrogens with zero attached hydrogens (tertiary/aromatic N) is 4. The number of nitrogens with one attached hydrogen (secondary N) is 1. The van der Waals surface area contributed by atoms with Crippen molar-refractivity contribution < 1.29 is 39.6 Å². The Balaban J connectivity index is 1.47. The van der Waals surface area contributed by atoms with Crippen LogP contribution >= 0.6 is 0 Å². The molecule has 1 N–H and O–H groups in total. The van der Waals surface area contributed by atoms with Gasteiger partial charge in [-0.15, -0.1) is 0 Å². The molecular formula is C22H19F6N5O3S. The summed E-state index contributed by atoms with van der Waals surface area (Å²) in [5.41, 5.74) is -1.72. The number of aromatic nitrogens is 3. The third kappa shape index (κ3) is 5.93. The number of sulfonamides is 1. The van der Waals surface area contributed by atoms with E-state index in [1.807, 2.05) is 0 Å². The van der Waals surface area contributed by atoms with Crippen LogP contribution in [0.1, 0.15) is 16.7 Å². The predicted molar refractivity (Wildman–Crippen MR) is 117 cm³/mol. The summed E-state index contributed by atoms with van der Waals surface area (Å²) >= 11 is 0. The van der Waals surface area contributed by atoms with Crippen molar-refractivity contribution in [1.82, 2.24) is 24.6 Å². The molecule has 37 heavy (non-hydrogen) atoms. The van der Waals surface area contributed by atoms with Crippen LogP contribution in [0.4, 0.5) is 26.3 Å².